The second kappa shape index (κ2) is 11.7. The number of nitrogens with zero attached hydrogens (tertiary/aromatic N) is 2. The van der Waals surface area contributed by atoms with E-state index in [-0.39, 0.29) is 17.4 Å². The Hall–Kier alpha value is -3.33. The first kappa shape index (κ1) is 27.5. The Morgan fingerprint density at radius 3 is 2.50 bits per heavy atom. The Labute approximate surface area is 251 Å². The maximum atomic E-state index is 13.9. The fourth-order valence-corrected chi connectivity index (χ4v) is 7.91. The summed E-state index contributed by atoms with van der Waals surface area (Å²) in [5, 5.41) is 9.42. The van der Waals surface area contributed by atoms with Crippen molar-refractivity contribution < 1.29 is 9.13 Å². The number of benzene rings is 3. The Balaban J connectivity index is 1.24. The largest absolute Gasteiger partial charge is 0.457 e. The number of thioether (sulfide) groups is 1. The quantitative estimate of drug-likeness (QED) is 0.206. The van der Waals surface area contributed by atoms with Crippen molar-refractivity contribution in [1.29, 1.82) is 0 Å². The van der Waals surface area contributed by atoms with Crippen molar-refractivity contribution in [2.75, 3.05) is 37.2 Å². The lowest BCUT2D eigenvalue weighted by atomic mass is 9.83. The molecular weight excluding hydrogens is 545 g/mol. The summed E-state index contributed by atoms with van der Waals surface area (Å²) in [6.07, 6.45) is 4.92. The summed E-state index contributed by atoms with van der Waals surface area (Å²) >= 11 is 1.80. The zero-order chi connectivity index (χ0) is 28.5. The highest BCUT2D eigenvalue weighted by atomic mass is 32.2. The molecule has 0 amide bonds. The highest BCUT2D eigenvalue weighted by Gasteiger charge is 2.44. The van der Waals surface area contributed by atoms with Gasteiger partial charge in [0.25, 0.3) is 0 Å². The third-order valence-electron chi connectivity index (χ3n) is 9.13. The summed E-state index contributed by atoms with van der Waals surface area (Å²) < 4.78 is 20.2. The van der Waals surface area contributed by atoms with E-state index in [1.165, 1.54) is 25.7 Å². The number of aromatic amines is 1. The van der Waals surface area contributed by atoms with Crippen molar-refractivity contribution in [2.45, 2.75) is 50.2 Å². The molecule has 1 unspecified atom stereocenters. The molecule has 2 aliphatic heterocycles. The van der Waals surface area contributed by atoms with E-state index in [1.54, 1.807) is 23.9 Å². The first-order valence-electron chi connectivity index (χ1n) is 15.2. The van der Waals surface area contributed by atoms with E-state index in [2.05, 4.69) is 45.6 Å². The smallest absolute Gasteiger partial charge is 0.130 e. The van der Waals surface area contributed by atoms with Crippen LogP contribution in [-0.2, 0) is 5.54 Å². The molecule has 1 saturated carbocycles. The molecule has 6 nitrogen and oxygen atoms in total. The normalized spacial score (nSPS) is 21.4. The van der Waals surface area contributed by atoms with Gasteiger partial charge in [0.2, 0.25) is 0 Å². The minimum absolute atomic E-state index is 0.0422. The molecule has 1 aromatic heterocycles. The van der Waals surface area contributed by atoms with Crippen LogP contribution in [-0.4, -0.2) is 58.9 Å². The molecule has 8 heteroatoms. The number of fused-ring (bicyclic) bond motifs is 1. The predicted octanol–water partition coefficient (Wildman–Crippen LogP) is 7.14. The lowest BCUT2D eigenvalue weighted by Crippen LogP contribution is -2.57. The van der Waals surface area contributed by atoms with Gasteiger partial charge in [0.05, 0.1) is 28.5 Å². The van der Waals surface area contributed by atoms with Crippen molar-refractivity contribution >= 4 is 33.4 Å². The lowest BCUT2D eigenvalue weighted by molar-refractivity contribution is 0.0700. The topological polar surface area (TPSA) is 64.7 Å². The van der Waals surface area contributed by atoms with Crippen LogP contribution in [0.2, 0.25) is 0 Å². The SMILES string of the molecule is C[C@](c1ccc(F)cc1)(C1CSC(c2cc3cc(Oc4ccccc4)cc(NC4CCCC4)c3[nH]2)=N1)N1CCNCC1. The summed E-state index contributed by atoms with van der Waals surface area (Å²) in [6, 6.07) is 23.9. The van der Waals surface area contributed by atoms with Crippen molar-refractivity contribution in [2.24, 2.45) is 4.99 Å². The van der Waals surface area contributed by atoms with E-state index >= 15 is 0 Å². The third-order valence-corrected chi connectivity index (χ3v) is 10.2. The number of hydrogen-bond donors (Lipinski definition) is 3. The molecule has 0 radical (unpaired) electrons. The molecule has 1 aliphatic carbocycles. The number of nitrogens with one attached hydrogen (secondary N) is 3. The molecule has 0 spiro atoms. The fraction of sp³-hybridized carbons (Fsp3) is 0.382. The molecule has 3 heterocycles. The van der Waals surface area contributed by atoms with E-state index in [0.29, 0.717) is 6.04 Å². The summed E-state index contributed by atoms with van der Waals surface area (Å²) in [7, 11) is 0. The van der Waals surface area contributed by atoms with Crippen molar-refractivity contribution in [3.8, 4) is 11.5 Å². The highest BCUT2D eigenvalue weighted by molar-refractivity contribution is 8.14. The van der Waals surface area contributed by atoms with Crippen LogP contribution in [0.15, 0.2) is 77.8 Å². The van der Waals surface area contributed by atoms with Crippen LogP contribution in [0.5, 0.6) is 11.5 Å². The number of para-hydroxylation sites is 1. The van der Waals surface area contributed by atoms with Gasteiger partial charge in [-0.25, -0.2) is 4.39 Å². The zero-order valence-corrected chi connectivity index (χ0v) is 24.9. The molecule has 1 saturated heterocycles. The van der Waals surface area contributed by atoms with Gasteiger partial charge >= 0.3 is 0 Å². The van der Waals surface area contributed by atoms with E-state index < -0.39 is 0 Å². The van der Waals surface area contributed by atoms with Gasteiger partial charge < -0.3 is 20.4 Å². The molecule has 7 rings (SSSR count). The molecule has 3 aromatic carbocycles. The Kier molecular flexibility index (Phi) is 7.69. The van der Waals surface area contributed by atoms with Gasteiger partial charge in [0, 0.05) is 49.4 Å². The van der Waals surface area contributed by atoms with Gasteiger partial charge in [-0.2, -0.15) is 0 Å². The number of rotatable bonds is 8. The Morgan fingerprint density at radius 2 is 1.74 bits per heavy atom. The summed E-state index contributed by atoms with van der Waals surface area (Å²) in [4.78, 5) is 11.6. The Morgan fingerprint density at radius 1 is 0.976 bits per heavy atom. The van der Waals surface area contributed by atoms with Gasteiger partial charge in [-0.15, -0.1) is 11.8 Å². The van der Waals surface area contributed by atoms with Crippen LogP contribution >= 0.6 is 11.8 Å². The fourth-order valence-electron chi connectivity index (χ4n) is 6.73. The maximum Gasteiger partial charge on any atom is 0.130 e. The zero-order valence-electron chi connectivity index (χ0n) is 24.0. The van der Waals surface area contributed by atoms with Crippen LogP contribution in [0.3, 0.4) is 0 Å². The van der Waals surface area contributed by atoms with Gasteiger partial charge in [0.1, 0.15) is 22.4 Å². The lowest BCUT2D eigenvalue weighted by Gasteiger charge is -2.46. The predicted molar refractivity (Wildman–Crippen MR) is 172 cm³/mol. The number of piperazine rings is 1. The molecule has 0 bridgehead atoms. The average Bonchev–Trinajstić information content (AvgIpc) is 3.80. The number of ether oxygens (including phenoxy) is 1. The minimum Gasteiger partial charge on any atom is -0.457 e. The van der Waals surface area contributed by atoms with Crippen LogP contribution < -0.4 is 15.4 Å². The Bertz CT molecular complexity index is 1560. The summed E-state index contributed by atoms with van der Waals surface area (Å²) in [5.74, 6) is 2.31. The second-order valence-corrected chi connectivity index (χ2v) is 12.8. The first-order chi connectivity index (χ1) is 20.6. The number of aliphatic imine (C=N–C) groups is 1. The van der Waals surface area contributed by atoms with E-state index in [0.717, 1.165) is 76.3 Å². The molecule has 2 fully saturated rings. The molecule has 3 N–H and O–H groups in total. The second-order valence-electron chi connectivity index (χ2n) is 11.8. The van der Waals surface area contributed by atoms with Crippen molar-refractivity contribution in [3.63, 3.8) is 0 Å². The average molecular weight is 584 g/mol. The van der Waals surface area contributed by atoms with Gasteiger partial charge in [0.15, 0.2) is 0 Å². The first-order valence-corrected chi connectivity index (χ1v) is 16.1. The third kappa shape index (κ3) is 5.43. The number of aromatic nitrogens is 1. The van der Waals surface area contributed by atoms with Crippen molar-refractivity contribution in [3.05, 3.63) is 89.9 Å². The van der Waals surface area contributed by atoms with Gasteiger partial charge in [-0.3, -0.25) is 9.89 Å². The molecule has 4 aromatic rings. The van der Waals surface area contributed by atoms with Crippen LogP contribution in [0.4, 0.5) is 10.1 Å². The summed E-state index contributed by atoms with van der Waals surface area (Å²) in [5.41, 5.74) is 3.98. The summed E-state index contributed by atoms with van der Waals surface area (Å²) in [6.45, 7) is 6.05. The number of anilines is 1. The van der Waals surface area contributed by atoms with Crippen molar-refractivity contribution in [1.82, 2.24) is 15.2 Å². The molecule has 3 aliphatic rings. The maximum absolute atomic E-state index is 13.9. The molecular formula is C34H38FN5OS. The molecule has 42 heavy (non-hydrogen) atoms. The number of halogens is 1. The highest BCUT2D eigenvalue weighted by Crippen LogP contribution is 2.41. The molecule has 2 atom stereocenters. The minimum atomic E-state index is -0.331. The van der Waals surface area contributed by atoms with Crippen LogP contribution in [0.1, 0.15) is 43.9 Å². The van der Waals surface area contributed by atoms with Crippen LogP contribution in [0.25, 0.3) is 10.9 Å². The monoisotopic (exact) mass is 583 g/mol. The van der Waals surface area contributed by atoms with Gasteiger partial charge in [-0.1, -0.05) is 43.2 Å². The van der Waals surface area contributed by atoms with Crippen LogP contribution in [0, 0.1) is 5.82 Å². The van der Waals surface area contributed by atoms with E-state index in [9.17, 15) is 4.39 Å². The molecule has 218 valence electrons. The van der Waals surface area contributed by atoms with E-state index in [1.807, 2.05) is 42.5 Å². The number of hydrogen-bond acceptors (Lipinski definition) is 6. The van der Waals surface area contributed by atoms with E-state index in [4.69, 9.17) is 9.73 Å². The number of H-pyrrole nitrogens is 1. The van der Waals surface area contributed by atoms with Gasteiger partial charge in [-0.05, 0) is 61.7 Å². The standard InChI is InChI=1S/C34H38FN5OS/c1-34(40-17-15-36-16-18-40,24-11-13-25(35)14-12-24)31-22-42-33(39-31)30-20-23-19-28(41-27-9-3-2-4-10-27)21-29(32(23)38-30)37-26-7-5-6-8-26/h2-4,9-14,19-21,26,31,36-38H,5-8,15-18,22H2,1H3/t31?,34-/m0/s1.